The van der Waals surface area contributed by atoms with Gasteiger partial charge in [-0.25, -0.2) is 32.7 Å². The predicted octanol–water partition coefficient (Wildman–Crippen LogP) is 7.39. The van der Waals surface area contributed by atoms with Gasteiger partial charge in [-0.2, -0.15) is 0 Å². The van der Waals surface area contributed by atoms with E-state index in [2.05, 4.69) is 5.43 Å². The molecule has 14 heteroatoms. The van der Waals surface area contributed by atoms with Crippen LogP contribution in [0, 0.1) is 5.82 Å². The standard InChI is InChI=1S/C31H28Cl2FN5O4S2/c1-31(2,21-7-13-25(32)27(16-21)43-3)28-18-35-30(39(28)23-10-8-22(34)9-11-23)44-19-20-6-12-24(17-26(20)33)45(41,42)37-29(40)36-38-14-4-5-15-38/h4-18H,19H2,1-3H3,(H2,36,37,40). The van der Waals surface area contributed by atoms with Crippen LogP contribution in [-0.2, 0) is 21.2 Å². The number of ether oxygens (including phenoxy) is 1. The Morgan fingerprint density at radius 1 is 1.02 bits per heavy atom. The number of nitrogens with zero attached hydrogens (tertiary/aromatic N) is 3. The minimum atomic E-state index is -4.19. The smallest absolute Gasteiger partial charge is 0.347 e. The first kappa shape index (κ1) is 32.4. The van der Waals surface area contributed by atoms with Gasteiger partial charge in [-0.1, -0.05) is 60.9 Å². The summed E-state index contributed by atoms with van der Waals surface area (Å²) in [7, 11) is -2.64. The van der Waals surface area contributed by atoms with Crippen molar-refractivity contribution in [2.24, 2.45) is 0 Å². The van der Waals surface area contributed by atoms with Crippen LogP contribution in [0.25, 0.3) is 5.69 Å². The van der Waals surface area contributed by atoms with Crippen LogP contribution >= 0.6 is 35.0 Å². The Balaban J connectivity index is 1.41. The van der Waals surface area contributed by atoms with Crippen LogP contribution in [0.3, 0.4) is 0 Å². The third-order valence-electron chi connectivity index (χ3n) is 7.08. The number of amides is 2. The Morgan fingerprint density at radius 3 is 2.40 bits per heavy atom. The van der Waals surface area contributed by atoms with Crippen LogP contribution in [0.1, 0.15) is 30.7 Å². The number of hydrogen-bond acceptors (Lipinski definition) is 6. The minimum absolute atomic E-state index is 0.167. The van der Waals surface area contributed by atoms with Gasteiger partial charge in [0.25, 0.3) is 10.0 Å². The molecule has 3 aromatic carbocycles. The largest absolute Gasteiger partial charge is 0.495 e. The zero-order chi connectivity index (χ0) is 32.4. The van der Waals surface area contributed by atoms with Gasteiger partial charge in [0, 0.05) is 34.3 Å². The molecule has 0 radical (unpaired) electrons. The van der Waals surface area contributed by atoms with E-state index in [9.17, 15) is 17.6 Å². The lowest BCUT2D eigenvalue weighted by molar-refractivity contribution is 0.254. The monoisotopic (exact) mass is 687 g/mol. The van der Waals surface area contributed by atoms with Crippen molar-refractivity contribution in [2.45, 2.75) is 35.1 Å². The van der Waals surface area contributed by atoms with Crippen LogP contribution in [0.5, 0.6) is 5.75 Å². The molecule has 0 saturated heterocycles. The summed E-state index contributed by atoms with van der Waals surface area (Å²) in [4.78, 5) is 16.7. The van der Waals surface area contributed by atoms with Crippen LogP contribution in [0.15, 0.2) is 101 Å². The number of benzene rings is 3. The first-order chi connectivity index (χ1) is 21.4. The molecule has 0 unspecified atom stereocenters. The van der Waals surface area contributed by atoms with E-state index in [1.165, 1.54) is 40.7 Å². The highest BCUT2D eigenvalue weighted by molar-refractivity contribution is 7.98. The topological polar surface area (TPSA) is 107 Å². The minimum Gasteiger partial charge on any atom is -0.495 e. The van der Waals surface area contributed by atoms with Gasteiger partial charge in [-0.05, 0) is 71.8 Å². The molecule has 5 aromatic rings. The van der Waals surface area contributed by atoms with E-state index < -0.39 is 21.5 Å². The molecule has 0 atom stereocenters. The highest BCUT2D eigenvalue weighted by Crippen LogP contribution is 2.39. The predicted molar refractivity (Wildman–Crippen MR) is 174 cm³/mol. The fourth-order valence-electron chi connectivity index (χ4n) is 4.60. The van der Waals surface area contributed by atoms with Gasteiger partial charge in [-0.15, -0.1) is 0 Å². The van der Waals surface area contributed by atoms with Crippen LogP contribution in [0.4, 0.5) is 9.18 Å². The van der Waals surface area contributed by atoms with E-state index in [-0.39, 0.29) is 15.7 Å². The van der Waals surface area contributed by atoms with E-state index in [0.717, 1.165) is 11.3 Å². The molecule has 234 valence electrons. The van der Waals surface area contributed by atoms with Crippen molar-refractivity contribution in [2.75, 3.05) is 12.5 Å². The number of aromatic nitrogens is 3. The molecule has 9 nitrogen and oxygen atoms in total. The zero-order valence-corrected chi connectivity index (χ0v) is 27.4. The SMILES string of the molecule is COc1cc(C(C)(C)c2cnc(SCc3ccc(S(=O)(=O)NC(=O)Nn4cccc4)cc3Cl)n2-c2ccc(F)cc2)ccc1Cl. The number of sulfonamides is 1. The Bertz CT molecular complexity index is 1950. The highest BCUT2D eigenvalue weighted by Gasteiger charge is 2.30. The van der Waals surface area contributed by atoms with Gasteiger partial charge < -0.3 is 4.74 Å². The number of halogens is 3. The number of methoxy groups -OCH3 is 1. The second-order valence-corrected chi connectivity index (χ2v) is 13.8. The molecule has 0 fully saturated rings. The third-order valence-corrected chi connectivity index (χ3v) is 10.1. The Hall–Kier alpha value is -3.97. The van der Waals surface area contributed by atoms with Crippen molar-refractivity contribution >= 4 is 51.0 Å². The number of nitrogens with one attached hydrogen (secondary N) is 2. The van der Waals surface area contributed by atoms with E-state index in [4.69, 9.17) is 32.9 Å². The Morgan fingerprint density at radius 2 is 1.73 bits per heavy atom. The van der Waals surface area contributed by atoms with Crippen molar-refractivity contribution in [3.8, 4) is 11.4 Å². The van der Waals surface area contributed by atoms with E-state index in [1.807, 2.05) is 35.3 Å². The van der Waals surface area contributed by atoms with Crippen molar-refractivity contribution < 1.29 is 22.3 Å². The Kier molecular flexibility index (Phi) is 9.49. The Labute approximate surface area is 274 Å². The second kappa shape index (κ2) is 13.2. The molecular weight excluding hydrogens is 660 g/mol. The van der Waals surface area contributed by atoms with Crippen molar-refractivity contribution in [1.82, 2.24) is 18.9 Å². The maximum atomic E-state index is 13.9. The number of imidazole rings is 1. The molecule has 2 amide bonds. The molecule has 2 heterocycles. The highest BCUT2D eigenvalue weighted by atomic mass is 35.5. The van der Waals surface area contributed by atoms with Crippen molar-refractivity contribution in [3.63, 3.8) is 0 Å². The fraction of sp³-hybridized carbons (Fsp3) is 0.161. The number of hydrogen-bond donors (Lipinski definition) is 2. The second-order valence-electron chi connectivity index (χ2n) is 10.4. The molecule has 2 aromatic heterocycles. The summed E-state index contributed by atoms with van der Waals surface area (Å²) in [5.74, 6) is 0.518. The summed E-state index contributed by atoms with van der Waals surface area (Å²) in [6.45, 7) is 4.09. The lowest BCUT2D eigenvalue weighted by Crippen LogP contribution is -2.37. The molecule has 0 aliphatic carbocycles. The molecule has 0 bridgehead atoms. The number of thioether (sulfide) groups is 1. The normalized spacial score (nSPS) is 11.8. The maximum absolute atomic E-state index is 13.9. The van der Waals surface area contributed by atoms with Gasteiger partial charge in [0.15, 0.2) is 5.16 Å². The maximum Gasteiger partial charge on any atom is 0.347 e. The molecule has 0 saturated carbocycles. The summed E-state index contributed by atoms with van der Waals surface area (Å²) in [5.41, 5.74) is 4.91. The lowest BCUT2D eigenvalue weighted by Gasteiger charge is -2.28. The lowest BCUT2D eigenvalue weighted by atomic mass is 9.81. The van der Waals surface area contributed by atoms with E-state index in [1.54, 1.807) is 62.1 Å². The summed E-state index contributed by atoms with van der Waals surface area (Å²) in [6, 6.07) is 18.4. The molecule has 5 rings (SSSR count). The van der Waals surface area contributed by atoms with Crippen molar-refractivity contribution in [3.05, 3.63) is 124 Å². The molecule has 45 heavy (non-hydrogen) atoms. The number of carbonyl (C=O) groups is 1. The number of carbonyl (C=O) groups excluding carboxylic acids is 1. The average Bonchev–Trinajstić information content (AvgIpc) is 3.67. The molecule has 0 spiro atoms. The molecular formula is C31H28Cl2FN5O4S2. The number of urea groups is 1. The van der Waals surface area contributed by atoms with Gasteiger partial charge in [0.05, 0.1) is 28.9 Å². The molecule has 2 N–H and O–H groups in total. The zero-order valence-electron chi connectivity index (χ0n) is 24.3. The third kappa shape index (κ3) is 7.14. The summed E-state index contributed by atoms with van der Waals surface area (Å²) in [6.07, 6.45) is 4.87. The van der Waals surface area contributed by atoms with E-state index >= 15 is 0 Å². The quantitative estimate of drug-likeness (QED) is 0.148. The first-order valence-electron chi connectivity index (χ1n) is 13.5. The first-order valence-corrected chi connectivity index (χ1v) is 16.7. The van der Waals surface area contributed by atoms with E-state index in [0.29, 0.717) is 32.9 Å². The van der Waals surface area contributed by atoms with Crippen LogP contribution < -0.4 is 14.9 Å². The summed E-state index contributed by atoms with van der Waals surface area (Å²) >= 11 is 14.2. The fourth-order valence-corrected chi connectivity index (χ4v) is 7.11. The average molecular weight is 689 g/mol. The summed E-state index contributed by atoms with van der Waals surface area (Å²) in [5, 5.41) is 1.30. The van der Waals surface area contributed by atoms with Gasteiger partial charge >= 0.3 is 6.03 Å². The molecule has 0 aliphatic rings. The van der Waals surface area contributed by atoms with Gasteiger partial charge in [0.2, 0.25) is 0 Å². The van der Waals surface area contributed by atoms with Crippen LogP contribution in [0.2, 0.25) is 10.0 Å². The van der Waals surface area contributed by atoms with Crippen LogP contribution in [-0.4, -0.2) is 35.8 Å². The molecule has 0 aliphatic heterocycles. The van der Waals surface area contributed by atoms with Gasteiger partial charge in [-0.3, -0.25) is 9.24 Å². The van der Waals surface area contributed by atoms with Crippen molar-refractivity contribution in [1.29, 1.82) is 0 Å². The van der Waals surface area contributed by atoms with Gasteiger partial charge in [0.1, 0.15) is 11.6 Å². The number of rotatable bonds is 10. The summed E-state index contributed by atoms with van der Waals surface area (Å²) < 4.78 is 50.2.